The monoisotopic (exact) mass is 261 g/mol. The van der Waals surface area contributed by atoms with Gasteiger partial charge in [-0.05, 0) is 50.1 Å². The maximum atomic E-state index is 3.63. The van der Waals surface area contributed by atoms with Crippen LogP contribution < -0.4 is 5.32 Å². The van der Waals surface area contributed by atoms with E-state index in [4.69, 9.17) is 0 Å². The SMILES string of the molecule is CCC(C)(CNCC(C)C)Cc1cc(C)cc(C)c1. The fraction of sp³-hybridized carbons (Fsp3) is 0.667. The second kappa shape index (κ2) is 7.09. The summed E-state index contributed by atoms with van der Waals surface area (Å²) in [5.74, 6) is 0.724. The van der Waals surface area contributed by atoms with Gasteiger partial charge in [-0.2, -0.15) is 0 Å². The molecular formula is C18H31N. The Morgan fingerprint density at radius 1 is 1.11 bits per heavy atom. The summed E-state index contributed by atoms with van der Waals surface area (Å²) >= 11 is 0. The number of benzene rings is 1. The van der Waals surface area contributed by atoms with Crippen molar-refractivity contribution in [2.24, 2.45) is 11.3 Å². The summed E-state index contributed by atoms with van der Waals surface area (Å²) in [6.45, 7) is 15.8. The van der Waals surface area contributed by atoms with Gasteiger partial charge in [-0.1, -0.05) is 57.0 Å². The lowest BCUT2D eigenvalue weighted by Crippen LogP contribution is -2.35. The molecule has 1 aromatic carbocycles. The first-order valence-electron chi connectivity index (χ1n) is 7.62. The molecule has 0 saturated heterocycles. The van der Waals surface area contributed by atoms with Gasteiger partial charge in [0.2, 0.25) is 0 Å². The molecule has 108 valence electrons. The van der Waals surface area contributed by atoms with E-state index < -0.39 is 0 Å². The molecule has 0 fully saturated rings. The zero-order chi connectivity index (χ0) is 14.5. The second-order valence-corrected chi connectivity index (χ2v) is 6.86. The standard InChI is InChI=1S/C18H31N/c1-7-18(6,13-19-12-14(2)3)11-17-9-15(4)8-16(5)10-17/h8-10,14,19H,7,11-13H2,1-6H3. The molecule has 0 aliphatic carbocycles. The molecule has 1 unspecified atom stereocenters. The van der Waals surface area contributed by atoms with Crippen molar-refractivity contribution in [3.63, 3.8) is 0 Å². The van der Waals surface area contributed by atoms with Crippen molar-refractivity contribution in [3.8, 4) is 0 Å². The first-order valence-corrected chi connectivity index (χ1v) is 7.62. The topological polar surface area (TPSA) is 12.0 Å². The van der Waals surface area contributed by atoms with Crippen molar-refractivity contribution < 1.29 is 0 Å². The van der Waals surface area contributed by atoms with Crippen LogP contribution in [0.2, 0.25) is 0 Å². The van der Waals surface area contributed by atoms with E-state index in [0.29, 0.717) is 5.41 Å². The first kappa shape index (κ1) is 16.2. The van der Waals surface area contributed by atoms with E-state index in [9.17, 15) is 0 Å². The van der Waals surface area contributed by atoms with Crippen LogP contribution in [0.25, 0.3) is 0 Å². The normalized spacial score (nSPS) is 14.7. The molecule has 1 aromatic rings. The second-order valence-electron chi connectivity index (χ2n) is 6.86. The molecule has 0 heterocycles. The smallest absolute Gasteiger partial charge is 0.000836 e. The number of hydrogen-bond acceptors (Lipinski definition) is 1. The van der Waals surface area contributed by atoms with Gasteiger partial charge in [0.15, 0.2) is 0 Å². The van der Waals surface area contributed by atoms with E-state index in [1.807, 2.05) is 0 Å². The molecule has 0 spiro atoms. The van der Waals surface area contributed by atoms with E-state index in [1.165, 1.54) is 23.1 Å². The quantitative estimate of drug-likeness (QED) is 0.761. The van der Waals surface area contributed by atoms with Crippen molar-refractivity contribution in [3.05, 3.63) is 34.9 Å². The van der Waals surface area contributed by atoms with Crippen LogP contribution in [0.5, 0.6) is 0 Å². The lowest BCUT2D eigenvalue weighted by atomic mass is 9.80. The molecule has 1 atom stereocenters. The van der Waals surface area contributed by atoms with Crippen molar-refractivity contribution in [2.45, 2.75) is 54.4 Å². The Kier molecular flexibility index (Phi) is 6.06. The van der Waals surface area contributed by atoms with E-state index >= 15 is 0 Å². The Morgan fingerprint density at radius 3 is 2.16 bits per heavy atom. The molecule has 19 heavy (non-hydrogen) atoms. The Labute approximate surface area is 119 Å². The van der Waals surface area contributed by atoms with E-state index in [-0.39, 0.29) is 0 Å². The summed E-state index contributed by atoms with van der Waals surface area (Å²) in [5, 5.41) is 3.63. The zero-order valence-electron chi connectivity index (χ0n) is 13.6. The molecule has 0 aliphatic rings. The number of aryl methyl sites for hydroxylation is 2. The van der Waals surface area contributed by atoms with Crippen LogP contribution >= 0.6 is 0 Å². The van der Waals surface area contributed by atoms with Gasteiger partial charge < -0.3 is 5.32 Å². The third kappa shape index (κ3) is 5.78. The van der Waals surface area contributed by atoms with Crippen LogP contribution in [-0.4, -0.2) is 13.1 Å². The molecule has 1 rings (SSSR count). The molecule has 0 radical (unpaired) electrons. The maximum absolute atomic E-state index is 3.63. The third-order valence-corrected chi connectivity index (χ3v) is 3.87. The summed E-state index contributed by atoms with van der Waals surface area (Å²) < 4.78 is 0. The van der Waals surface area contributed by atoms with Gasteiger partial charge >= 0.3 is 0 Å². The van der Waals surface area contributed by atoms with Crippen molar-refractivity contribution >= 4 is 0 Å². The Morgan fingerprint density at radius 2 is 1.68 bits per heavy atom. The predicted molar refractivity (Wildman–Crippen MR) is 85.7 cm³/mol. The Balaban J connectivity index is 2.68. The largest absolute Gasteiger partial charge is 0.316 e. The Bertz CT molecular complexity index is 374. The number of rotatable bonds is 7. The molecule has 1 nitrogen and oxygen atoms in total. The lowest BCUT2D eigenvalue weighted by Gasteiger charge is -2.29. The highest BCUT2D eigenvalue weighted by atomic mass is 14.9. The fourth-order valence-electron chi connectivity index (χ4n) is 2.64. The molecule has 0 saturated carbocycles. The summed E-state index contributed by atoms with van der Waals surface area (Å²) in [7, 11) is 0. The van der Waals surface area contributed by atoms with Gasteiger partial charge in [0.25, 0.3) is 0 Å². The summed E-state index contributed by atoms with van der Waals surface area (Å²) in [4.78, 5) is 0. The summed E-state index contributed by atoms with van der Waals surface area (Å²) in [5.41, 5.74) is 4.59. The van der Waals surface area contributed by atoms with Crippen molar-refractivity contribution in [1.82, 2.24) is 5.32 Å². The molecule has 0 amide bonds. The molecule has 1 N–H and O–H groups in total. The minimum atomic E-state index is 0.356. The zero-order valence-corrected chi connectivity index (χ0v) is 13.6. The van der Waals surface area contributed by atoms with E-state index in [0.717, 1.165) is 25.4 Å². The Hall–Kier alpha value is -0.820. The number of nitrogens with one attached hydrogen (secondary N) is 1. The minimum absolute atomic E-state index is 0.356. The van der Waals surface area contributed by atoms with Crippen LogP contribution in [0.15, 0.2) is 18.2 Å². The highest BCUT2D eigenvalue weighted by Gasteiger charge is 2.22. The molecule has 0 aliphatic heterocycles. The number of hydrogen-bond donors (Lipinski definition) is 1. The van der Waals surface area contributed by atoms with E-state index in [1.54, 1.807) is 0 Å². The van der Waals surface area contributed by atoms with Crippen LogP contribution in [0.3, 0.4) is 0 Å². The molecular weight excluding hydrogens is 230 g/mol. The van der Waals surface area contributed by atoms with Gasteiger partial charge in [-0.15, -0.1) is 0 Å². The molecule has 1 heteroatoms. The summed E-state index contributed by atoms with van der Waals surface area (Å²) in [6.07, 6.45) is 2.38. The highest BCUT2D eigenvalue weighted by molar-refractivity contribution is 5.29. The van der Waals surface area contributed by atoms with Crippen LogP contribution in [0.4, 0.5) is 0 Å². The van der Waals surface area contributed by atoms with Gasteiger partial charge in [0.1, 0.15) is 0 Å². The fourth-order valence-corrected chi connectivity index (χ4v) is 2.64. The average Bonchev–Trinajstić information content (AvgIpc) is 2.26. The third-order valence-electron chi connectivity index (χ3n) is 3.87. The average molecular weight is 261 g/mol. The lowest BCUT2D eigenvalue weighted by molar-refractivity contribution is 0.285. The van der Waals surface area contributed by atoms with Crippen LogP contribution in [0, 0.1) is 25.2 Å². The minimum Gasteiger partial charge on any atom is -0.316 e. The molecule has 0 bridgehead atoms. The maximum Gasteiger partial charge on any atom is 0.000836 e. The van der Waals surface area contributed by atoms with Crippen molar-refractivity contribution in [1.29, 1.82) is 0 Å². The predicted octanol–water partition coefficient (Wildman–Crippen LogP) is 4.51. The van der Waals surface area contributed by atoms with Crippen molar-refractivity contribution in [2.75, 3.05) is 13.1 Å². The molecule has 0 aromatic heterocycles. The highest BCUT2D eigenvalue weighted by Crippen LogP contribution is 2.26. The van der Waals surface area contributed by atoms with Gasteiger partial charge in [-0.25, -0.2) is 0 Å². The van der Waals surface area contributed by atoms with E-state index in [2.05, 4.69) is 65.1 Å². The van der Waals surface area contributed by atoms with Gasteiger partial charge in [0, 0.05) is 6.54 Å². The van der Waals surface area contributed by atoms with Gasteiger partial charge in [-0.3, -0.25) is 0 Å². The summed E-state index contributed by atoms with van der Waals surface area (Å²) in [6, 6.07) is 6.93. The first-order chi connectivity index (χ1) is 8.84. The van der Waals surface area contributed by atoms with Crippen LogP contribution in [-0.2, 0) is 6.42 Å². The van der Waals surface area contributed by atoms with Crippen LogP contribution in [0.1, 0.15) is 50.8 Å². The van der Waals surface area contributed by atoms with Gasteiger partial charge in [0.05, 0.1) is 0 Å².